The van der Waals surface area contributed by atoms with E-state index in [1.165, 1.54) is 0 Å². The monoisotopic (exact) mass is 289 g/mol. The van der Waals surface area contributed by atoms with Crippen molar-refractivity contribution in [3.05, 3.63) is 29.5 Å². The van der Waals surface area contributed by atoms with Crippen LogP contribution in [-0.2, 0) is 4.74 Å². The number of benzene rings is 1. The summed E-state index contributed by atoms with van der Waals surface area (Å²) < 4.78 is 12.7. The largest absolute Gasteiger partial charge is 0.491 e. The SMILES string of the molecule is Cc1c(OC(C)C)ccc2c1cc(C)n2C(=O)OC(C)C. The molecule has 0 spiro atoms. The number of carbonyl (C=O) groups is 1. The molecule has 0 saturated carbocycles. The summed E-state index contributed by atoms with van der Waals surface area (Å²) in [7, 11) is 0. The summed E-state index contributed by atoms with van der Waals surface area (Å²) in [6.45, 7) is 11.6. The lowest BCUT2D eigenvalue weighted by Gasteiger charge is -2.14. The van der Waals surface area contributed by atoms with Gasteiger partial charge in [-0.1, -0.05) is 0 Å². The minimum absolute atomic E-state index is 0.121. The Hall–Kier alpha value is -1.97. The van der Waals surface area contributed by atoms with Crippen molar-refractivity contribution in [2.45, 2.75) is 53.8 Å². The number of fused-ring (bicyclic) bond motifs is 1. The van der Waals surface area contributed by atoms with Gasteiger partial charge in [0, 0.05) is 16.6 Å². The van der Waals surface area contributed by atoms with Crippen molar-refractivity contribution in [1.82, 2.24) is 4.57 Å². The molecule has 1 aromatic carbocycles. The lowest BCUT2D eigenvalue weighted by molar-refractivity contribution is 0.117. The highest BCUT2D eigenvalue weighted by atomic mass is 16.6. The molecule has 21 heavy (non-hydrogen) atoms. The van der Waals surface area contributed by atoms with Gasteiger partial charge in [0.05, 0.1) is 17.7 Å². The first-order chi connectivity index (χ1) is 9.81. The summed E-state index contributed by atoms with van der Waals surface area (Å²) >= 11 is 0. The van der Waals surface area contributed by atoms with Crippen LogP contribution in [0.25, 0.3) is 10.9 Å². The fourth-order valence-corrected chi connectivity index (χ4v) is 2.41. The molecule has 0 aliphatic carbocycles. The molecule has 0 radical (unpaired) electrons. The summed E-state index contributed by atoms with van der Waals surface area (Å²) in [4.78, 5) is 12.2. The van der Waals surface area contributed by atoms with Gasteiger partial charge in [-0.3, -0.25) is 0 Å². The Kier molecular flexibility index (Phi) is 4.26. The van der Waals surface area contributed by atoms with Crippen LogP contribution in [0.15, 0.2) is 18.2 Å². The highest BCUT2D eigenvalue weighted by molar-refractivity contribution is 5.93. The quantitative estimate of drug-likeness (QED) is 0.838. The average molecular weight is 289 g/mol. The Morgan fingerprint density at radius 2 is 1.76 bits per heavy atom. The van der Waals surface area contributed by atoms with Gasteiger partial charge in [0.1, 0.15) is 5.75 Å². The summed E-state index contributed by atoms with van der Waals surface area (Å²) in [5, 5.41) is 1.02. The first kappa shape index (κ1) is 15.4. The lowest BCUT2D eigenvalue weighted by atomic mass is 10.1. The van der Waals surface area contributed by atoms with Crippen molar-refractivity contribution >= 4 is 17.0 Å². The van der Waals surface area contributed by atoms with E-state index in [1.54, 1.807) is 4.57 Å². The van der Waals surface area contributed by atoms with Gasteiger partial charge in [-0.15, -0.1) is 0 Å². The maximum absolute atomic E-state index is 12.2. The molecule has 114 valence electrons. The third-order valence-corrected chi connectivity index (χ3v) is 3.27. The van der Waals surface area contributed by atoms with Crippen molar-refractivity contribution in [3.63, 3.8) is 0 Å². The minimum atomic E-state index is -0.338. The number of aromatic nitrogens is 1. The van der Waals surface area contributed by atoms with Crippen molar-refractivity contribution < 1.29 is 14.3 Å². The van der Waals surface area contributed by atoms with Crippen molar-refractivity contribution in [1.29, 1.82) is 0 Å². The van der Waals surface area contributed by atoms with E-state index in [0.717, 1.165) is 27.9 Å². The molecule has 2 rings (SSSR count). The van der Waals surface area contributed by atoms with Gasteiger partial charge in [0.15, 0.2) is 0 Å². The Bertz CT molecular complexity index is 668. The minimum Gasteiger partial charge on any atom is -0.491 e. The lowest BCUT2D eigenvalue weighted by Crippen LogP contribution is -2.18. The maximum Gasteiger partial charge on any atom is 0.418 e. The fourth-order valence-electron chi connectivity index (χ4n) is 2.41. The van der Waals surface area contributed by atoms with E-state index in [-0.39, 0.29) is 18.3 Å². The molecule has 4 nitrogen and oxygen atoms in total. The van der Waals surface area contributed by atoms with E-state index in [2.05, 4.69) is 0 Å². The molecule has 1 aromatic heterocycles. The number of rotatable bonds is 3. The molecule has 0 amide bonds. The average Bonchev–Trinajstić information content (AvgIpc) is 2.69. The molecular formula is C17H23NO3. The van der Waals surface area contributed by atoms with Gasteiger partial charge < -0.3 is 9.47 Å². The van der Waals surface area contributed by atoms with Gasteiger partial charge in [0.2, 0.25) is 0 Å². The van der Waals surface area contributed by atoms with Crippen LogP contribution in [0.5, 0.6) is 5.75 Å². The Morgan fingerprint density at radius 3 is 2.33 bits per heavy atom. The second kappa shape index (κ2) is 5.80. The van der Waals surface area contributed by atoms with E-state index in [9.17, 15) is 4.79 Å². The summed E-state index contributed by atoms with van der Waals surface area (Å²) in [5.41, 5.74) is 2.76. The molecule has 0 aliphatic rings. The van der Waals surface area contributed by atoms with Crippen molar-refractivity contribution in [3.8, 4) is 5.75 Å². The van der Waals surface area contributed by atoms with Crippen LogP contribution in [0.3, 0.4) is 0 Å². The van der Waals surface area contributed by atoms with Crippen LogP contribution in [0, 0.1) is 13.8 Å². The zero-order chi connectivity index (χ0) is 15.7. The molecule has 0 saturated heterocycles. The highest BCUT2D eigenvalue weighted by Crippen LogP contribution is 2.30. The third-order valence-electron chi connectivity index (χ3n) is 3.27. The first-order valence-corrected chi connectivity index (χ1v) is 7.30. The van der Waals surface area contributed by atoms with Gasteiger partial charge in [-0.2, -0.15) is 0 Å². The van der Waals surface area contributed by atoms with E-state index < -0.39 is 0 Å². The van der Waals surface area contributed by atoms with Crippen LogP contribution in [0.1, 0.15) is 39.0 Å². The number of ether oxygens (including phenoxy) is 2. The second-order valence-electron chi connectivity index (χ2n) is 5.84. The second-order valence-corrected chi connectivity index (χ2v) is 5.84. The zero-order valence-corrected chi connectivity index (χ0v) is 13.6. The molecular weight excluding hydrogens is 266 g/mol. The molecule has 4 heteroatoms. The predicted octanol–water partition coefficient (Wildman–Crippen LogP) is 4.44. The van der Waals surface area contributed by atoms with E-state index in [1.807, 2.05) is 59.7 Å². The summed E-state index contributed by atoms with van der Waals surface area (Å²) in [6, 6.07) is 5.82. The molecule has 0 fully saturated rings. The highest BCUT2D eigenvalue weighted by Gasteiger charge is 2.17. The van der Waals surface area contributed by atoms with Gasteiger partial charge in [-0.05, 0) is 59.7 Å². The molecule has 0 aliphatic heterocycles. The third kappa shape index (κ3) is 3.04. The normalized spacial score (nSPS) is 11.4. The molecule has 1 heterocycles. The molecule has 0 bridgehead atoms. The molecule has 0 atom stereocenters. The zero-order valence-electron chi connectivity index (χ0n) is 13.6. The van der Waals surface area contributed by atoms with E-state index in [4.69, 9.17) is 9.47 Å². The van der Waals surface area contributed by atoms with Crippen LogP contribution in [-0.4, -0.2) is 22.9 Å². The Morgan fingerprint density at radius 1 is 1.10 bits per heavy atom. The summed E-state index contributed by atoms with van der Waals surface area (Å²) in [6.07, 6.45) is -0.358. The summed E-state index contributed by atoms with van der Waals surface area (Å²) in [5.74, 6) is 0.854. The topological polar surface area (TPSA) is 40.5 Å². The van der Waals surface area contributed by atoms with Gasteiger partial charge >= 0.3 is 6.09 Å². The van der Waals surface area contributed by atoms with Crippen LogP contribution >= 0.6 is 0 Å². The fraction of sp³-hybridized carbons (Fsp3) is 0.471. The maximum atomic E-state index is 12.2. The van der Waals surface area contributed by atoms with Crippen LogP contribution < -0.4 is 4.74 Å². The van der Waals surface area contributed by atoms with E-state index >= 15 is 0 Å². The van der Waals surface area contributed by atoms with Gasteiger partial charge in [-0.25, -0.2) is 9.36 Å². The van der Waals surface area contributed by atoms with Crippen molar-refractivity contribution in [2.24, 2.45) is 0 Å². The Labute approximate surface area is 125 Å². The van der Waals surface area contributed by atoms with Gasteiger partial charge in [0.25, 0.3) is 0 Å². The number of hydrogen-bond donors (Lipinski definition) is 0. The van der Waals surface area contributed by atoms with Crippen LogP contribution in [0.4, 0.5) is 4.79 Å². The number of nitrogens with zero attached hydrogens (tertiary/aromatic N) is 1. The number of hydrogen-bond acceptors (Lipinski definition) is 3. The molecule has 2 aromatic rings. The van der Waals surface area contributed by atoms with E-state index in [0.29, 0.717) is 0 Å². The van der Waals surface area contributed by atoms with Crippen molar-refractivity contribution in [2.75, 3.05) is 0 Å². The standard InChI is InChI=1S/C17H23NO3/c1-10(2)20-16-8-7-15-14(13(16)6)9-12(5)18(15)17(19)21-11(3)4/h7-11H,1-6H3. The van der Waals surface area contributed by atoms with Crippen LogP contribution in [0.2, 0.25) is 0 Å². The molecule has 0 N–H and O–H groups in total. The predicted molar refractivity (Wildman–Crippen MR) is 84.2 cm³/mol. The molecule has 0 unspecified atom stereocenters. The number of carbonyl (C=O) groups excluding carboxylic acids is 1. The smallest absolute Gasteiger partial charge is 0.418 e. The Balaban J connectivity index is 2.53. The first-order valence-electron chi connectivity index (χ1n) is 7.30. The number of aryl methyl sites for hydroxylation is 2.